The quantitative estimate of drug-likeness (QED) is 0.0223. The Kier molecular flexibility index (Phi) is 40.9. The van der Waals surface area contributed by atoms with Gasteiger partial charge in [-0.15, -0.1) is 11.8 Å². The van der Waals surface area contributed by atoms with Gasteiger partial charge in [-0.2, -0.15) is 0 Å². The summed E-state index contributed by atoms with van der Waals surface area (Å²) < 4.78 is 5.35. The Morgan fingerprint density at radius 2 is 1.05 bits per heavy atom. The summed E-state index contributed by atoms with van der Waals surface area (Å²) in [5, 5.41) is 50.1. The van der Waals surface area contributed by atoms with Crippen molar-refractivity contribution in [1.82, 2.24) is 97.6 Å². The Balaban J connectivity index is 1.10. The zero-order chi connectivity index (χ0) is 99.0. The molecule has 0 aliphatic carbocycles. The number of H-pyrrole nitrogens is 3. The van der Waals surface area contributed by atoms with Crippen LogP contribution in [0.3, 0.4) is 0 Å². The highest BCUT2D eigenvalue weighted by molar-refractivity contribution is 8.00. The van der Waals surface area contributed by atoms with E-state index in [1.165, 1.54) is 57.5 Å². The van der Waals surface area contributed by atoms with E-state index in [0.29, 0.717) is 82.0 Å². The number of para-hydroxylation sites is 2. The smallest absolute Gasteiger partial charge is 0.305 e. The molecule has 3 saturated heterocycles. The Hall–Kier alpha value is -13.1. The topological polar surface area (TPSA) is 641 Å². The average Bonchev–Trinajstić information content (AvgIpc) is 1.51. The van der Waals surface area contributed by atoms with Gasteiger partial charge in [0, 0.05) is 118 Å². The van der Waals surface area contributed by atoms with Gasteiger partial charge in [-0.1, -0.05) is 88.1 Å². The van der Waals surface area contributed by atoms with Crippen LogP contribution < -0.4 is 80.8 Å². The number of methoxy groups -OCH3 is 1. The lowest BCUT2D eigenvalue weighted by atomic mass is 9.99. The number of aromatic nitrogens is 4. The van der Waals surface area contributed by atoms with Crippen LogP contribution in [0.2, 0.25) is 0 Å². The van der Waals surface area contributed by atoms with Crippen LogP contribution in [0.4, 0.5) is 0 Å². The van der Waals surface area contributed by atoms with Crippen molar-refractivity contribution in [3.8, 4) is 5.75 Å². The van der Waals surface area contributed by atoms with E-state index in [9.17, 15) is 53.4 Å². The third-order valence-corrected chi connectivity index (χ3v) is 25.8. The molecule has 15 atom stereocenters. The number of aliphatic hydroxyl groups excluding tert-OH is 1. The molecule has 3 aliphatic rings. The SMILES string of the molecule is CCCC[C@H]1C(=O)N(C)[C@@H](CCCC)C(=O)N[C@@H](CCCN)C(=O)N[C@H](C(=O)NCC(N)=O)CSCC(=O)N[C@@H](Cc2ccc(OC)cc2)C(=O)N(C)[C@@H](C)C(=O)N[C@@H](CC(=O)O)C(=O)N2CCC[C@H]2C(=O)N[C@@H](Cc2cnc[nH]2)C(=O)N[C@@H](CCCCN)C(=O)N2C[C@H](O)C[C@H]2C(=O)N[C@@H](Cc2c[nH]c3ccccc23)C(=O)N[C@@H](CCN)C(=O)N[C@@H](Cc2c[nH]c3ccccc23)C(=O)N1C. The van der Waals surface area contributed by atoms with Crippen molar-refractivity contribution >= 4 is 134 Å². The summed E-state index contributed by atoms with van der Waals surface area (Å²) >= 11 is 0.794. The minimum Gasteiger partial charge on any atom is -0.497 e. The van der Waals surface area contributed by atoms with E-state index >= 15 is 38.4 Å². The van der Waals surface area contributed by atoms with E-state index < -0.39 is 222 Å². The fourth-order valence-corrected chi connectivity index (χ4v) is 17.8. The van der Waals surface area contributed by atoms with Crippen LogP contribution in [0.15, 0.2) is 97.7 Å². The molecule has 740 valence electrons. The lowest BCUT2D eigenvalue weighted by Gasteiger charge is -2.36. The first-order valence-corrected chi connectivity index (χ1v) is 47.3. The van der Waals surface area contributed by atoms with Crippen molar-refractivity contribution in [2.24, 2.45) is 22.9 Å². The Labute approximate surface area is 791 Å². The Morgan fingerprint density at radius 1 is 0.522 bits per heavy atom. The van der Waals surface area contributed by atoms with E-state index in [2.05, 4.69) is 73.1 Å². The number of amides is 16. The number of imidazole rings is 1. The Morgan fingerprint density at radius 3 is 1.65 bits per heavy atom. The minimum atomic E-state index is -1.89. The monoisotopic (exact) mass is 1910 g/mol. The van der Waals surface area contributed by atoms with Crippen molar-refractivity contribution in [1.29, 1.82) is 0 Å². The van der Waals surface area contributed by atoms with E-state index in [1.54, 1.807) is 79.1 Å². The van der Waals surface area contributed by atoms with Crippen LogP contribution in [-0.2, 0) is 107 Å². The minimum absolute atomic E-state index is 0.00961. The number of carboxylic acid groups (broad SMARTS) is 1. The standard InChI is InChI=1S/C92H131N23O20S/c1-8-10-26-72-85(127)104-63(25-18-35-94)81(123)110-71(80(122)100-47-76(96)117)49-136-50-77(118)102-68(38-53-29-31-58(135-7)32-30-53)88(130)111(4)52(3)79(121)108-70(43-78(119)120)91(133)114-37-19-28-73(114)86(128)107-67(41-56-46-97-51-101-56)84(126)105-65(24-16-17-34-93)90(132)115-48-57(116)42-75(115)87(129)106-66(39-54-44-98-61-22-14-12-20-59(54)61)83(125)103-64(33-36-95)82(124)109-69(40-55-45-99-62-23-15-13-21-60(55)62)89(131)113(6)74(27-11-9-2)92(134)112(72)5/h12-15,20-23,29-32,44-46,51-52,57,63-75,98-99,116H,8-11,16-19,24-28,33-43,47-50,93-95H2,1-7H3,(H2,96,117)(H,97,101)(H,100,122)(H,102,118)(H,103,125)(H,104,127)(H,105,126)(H,106,129)(H,107,128)(H,108,121)(H,109,124)(H,110,123)(H,119,120)/t52-,57+,63-,64-,65-,66-,67-,68-,69-,70-,71-,72-,73-,74-,75-/m0/s1. The number of carbonyl (C=O) groups excluding carboxylic acids is 16. The molecule has 6 aromatic rings. The number of rotatable bonds is 29. The van der Waals surface area contributed by atoms with Gasteiger partial charge < -0.3 is 131 Å². The van der Waals surface area contributed by atoms with Gasteiger partial charge in [-0.25, -0.2) is 4.98 Å². The van der Waals surface area contributed by atoms with Crippen molar-refractivity contribution in [3.05, 3.63) is 120 Å². The predicted octanol–water partition coefficient (Wildman–Crippen LogP) is -2.11. The number of primary amides is 1. The van der Waals surface area contributed by atoms with Crippen molar-refractivity contribution in [2.75, 3.05) is 79.0 Å². The highest BCUT2D eigenvalue weighted by Crippen LogP contribution is 2.28. The van der Waals surface area contributed by atoms with Gasteiger partial charge in [-0.3, -0.25) is 81.5 Å². The Bertz CT molecular complexity index is 5150. The molecule has 136 heavy (non-hydrogen) atoms. The summed E-state index contributed by atoms with van der Waals surface area (Å²) in [5.41, 5.74) is 26.9. The number of hydrogen-bond donors (Lipinski definition) is 19. The van der Waals surface area contributed by atoms with Gasteiger partial charge in [0.15, 0.2) is 0 Å². The third kappa shape index (κ3) is 29.5. The number of aliphatic hydroxyl groups is 1. The molecular weight excluding hydrogens is 1780 g/mol. The number of nitrogens with two attached hydrogens (primary N) is 4. The predicted molar refractivity (Wildman–Crippen MR) is 502 cm³/mol. The van der Waals surface area contributed by atoms with E-state index in [-0.39, 0.29) is 116 Å². The largest absolute Gasteiger partial charge is 0.497 e. The molecule has 9 rings (SSSR count). The number of nitrogens with zero attached hydrogens (tertiary/aromatic N) is 6. The fourth-order valence-electron chi connectivity index (χ4n) is 17.0. The molecule has 6 heterocycles. The molecule has 3 aliphatic heterocycles. The number of hydrogen-bond acceptors (Lipinski definition) is 24. The normalized spacial score (nSPS) is 24.7. The molecule has 0 bridgehead atoms. The number of aromatic amines is 3. The third-order valence-electron chi connectivity index (χ3n) is 24.7. The molecule has 0 saturated carbocycles. The van der Waals surface area contributed by atoms with Crippen LogP contribution in [0.5, 0.6) is 5.75 Å². The van der Waals surface area contributed by atoms with E-state index in [4.69, 9.17) is 27.7 Å². The number of unbranched alkanes of at least 4 members (excludes halogenated alkanes) is 3. The van der Waals surface area contributed by atoms with Gasteiger partial charge >= 0.3 is 5.97 Å². The second-order valence-corrected chi connectivity index (χ2v) is 35.6. The summed E-state index contributed by atoms with van der Waals surface area (Å²) in [6, 6.07) is -0.601. The number of nitrogens with one attached hydrogen (secondary N) is 13. The fraction of sp³-hybridized carbons (Fsp3) is 0.543. The summed E-state index contributed by atoms with van der Waals surface area (Å²) in [7, 11) is 5.43. The number of likely N-dealkylation sites (N-methyl/N-ethyl adjacent to an activating group) is 3. The number of benzene rings is 3. The van der Waals surface area contributed by atoms with E-state index in [0.717, 1.165) is 26.5 Å². The summed E-state index contributed by atoms with van der Waals surface area (Å²) in [4.78, 5) is 270. The molecule has 0 radical (unpaired) electrons. The zero-order valence-corrected chi connectivity index (χ0v) is 78.7. The number of thioether (sulfide) groups is 1. The molecule has 3 aromatic heterocycles. The van der Waals surface area contributed by atoms with Crippen molar-refractivity contribution in [2.45, 2.75) is 240 Å². The summed E-state index contributed by atoms with van der Waals surface area (Å²) in [5.74, 6) is -16.5. The lowest BCUT2D eigenvalue weighted by Crippen LogP contribution is -2.61. The molecule has 23 N–H and O–H groups in total. The van der Waals surface area contributed by atoms with Crippen LogP contribution in [0.1, 0.15) is 146 Å². The average molecular weight is 1910 g/mol. The molecular formula is C92H131N23O20S. The van der Waals surface area contributed by atoms with Gasteiger partial charge in [0.25, 0.3) is 0 Å². The molecule has 43 nitrogen and oxygen atoms in total. The highest BCUT2D eigenvalue weighted by atomic mass is 32.2. The molecule has 0 unspecified atom stereocenters. The van der Waals surface area contributed by atoms with Crippen molar-refractivity contribution < 1.29 is 96.5 Å². The first-order valence-electron chi connectivity index (χ1n) is 46.1. The molecule has 3 fully saturated rings. The maximum Gasteiger partial charge on any atom is 0.305 e. The lowest BCUT2D eigenvalue weighted by molar-refractivity contribution is -0.149. The number of aliphatic carboxylic acids is 1. The number of carbonyl (C=O) groups is 17. The van der Waals surface area contributed by atoms with Gasteiger partial charge in [0.1, 0.15) is 90.3 Å². The maximum atomic E-state index is 15.8. The second kappa shape index (κ2) is 52.1. The number of fused-ring (bicyclic) bond motifs is 4. The molecule has 0 spiro atoms. The molecule has 3 aromatic carbocycles. The first kappa shape index (κ1) is 107. The van der Waals surface area contributed by atoms with Crippen LogP contribution in [0.25, 0.3) is 21.8 Å². The number of carboxylic acids is 1. The van der Waals surface area contributed by atoms with Crippen LogP contribution >= 0.6 is 11.8 Å². The summed E-state index contributed by atoms with van der Waals surface area (Å²) in [6.45, 7) is 3.61. The van der Waals surface area contributed by atoms with Crippen LogP contribution in [-0.4, -0.2) is 325 Å². The van der Waals surface area contributed by atoms with E-state index in [1.807, 2.05) is 19.9 Å². The van der Waals surface area contributed by atoms with Crippen LogP contribution in [0, 0.1) is 0 Å². The zero-order valence-electron chi connectivity index (χ0n) is 77.8. The van der Waals surface area contributed by atoms with Gasteiger partial charge in [-0.05, 0) is 132 Å². The van der Waals surface area contributed by atoms with Gasteiger partial charge in [0.2, 0.25) is 94.5 Å². The number of ether oxygens (including phenoxy) is 1. The van der Waals surface area contributed by atoms with Crippen molar-refractivity contribution in [3.63, 3.8) is 0 Å². The second-order valence-electron chi connectivity index (χ2n) is 34.6. The first-order chi connectivity index (χ1) is 65.1. The summed E-state index contributed by atoms with van der Waals surface area (Å²) in [6.07, 6.45) is 4.32. The maximum absolute atomic E-state index is 15.8. The molecule has 16 amide bonds. The highest BCUT2D eigenvalue weighted by Gasteiger charge is 2.47. The van der Waals surface area contributed by atoms with Gasteiger partial charge in [0.05, 0.1) is 38.3 Å². The molecule has 44 heteroatoms.